The van der Waals surface area contributed by atoms with Crippen LogP contribution in [0.1, 0.15) is 44.1 Å². The van der Waals surface area contributed by atoms with Crippen LogP contribution in [0.3, 0.4) is 0 Å². The summed E-state index contributed by atoms with van der Waals surface area (Å²) in [6, 6.07) is 2.89. The van der Waals surface area contributed by atoms with Gasteiger partial charge < -0.3 is 4.90 Å². The zero-order valence-electron chi connectivity index (χ0n) is 10.8. The number of piperidine rings is 1. The van der Waals surface area contributed by atoms with E-state index in [-0.39, 0.29) is 0 Å². The monoisotopic (exact) mass is 264 g/mol. The van der Waals surface area contributed by atoms with Gasteiger partial charge in [-0.1, -0.05) is 12.8 Å². The van der Waals surface area contributed by atoms with Crippen LogP contribution in [0.2, 0.25) is 0 Å². The van der Waals surface area contributed by atoms with Crippen molar-refractivity contribution in [1.29, 1.82) is 0 Å². The molecule has 1 aliphatic heterocycles. The Kier molecular flexibility index (Phi) is 3.74. The van der Waals surface area contributed by atoms with Crippen LogP contribution in [0.5, 0.6) is 0 Å². The van der Waals surface area contributed by atoms with Gasteiger partial charge in [0.25, 0.3) is 0 Å². The average molecular weight is 265 g/mol. The average Bonchev–Trinajstić information content (AvgIpc) is 2.46. The zero-order chi connectivity index (χ0) is 12.4. The minimum atomic E-state index is 0.567. The molecule has 0 bridgehead atoms. The van der Waals surface area contributed by atoms with Crippen molar-refractivity contribution in [3.63, 3.8) is 0 Å². The van der Waals surface area contributed by atoms with Crippen molar-refractivity contribution in [3.05, 3.63) is 24.0 Å². The third-order valence-corrected chi connectivity index (χ3v) is 4.86. The predicted octanol–water partition coefficient (Wildman–Crippen LogP) is 3.98. The van der Waals surface area contributed by atoms with E-state index in [1.165, 1.54) is 56.3 Å². The number of halogens is 1. The van der Waals surface area contributed by atoms with Gasteiger partial charge >= 0.3 is 0 Å². The molecule has 18 heavy (non-hydrogen) atoms. The molecule has 1 saturated heterocycles. The predicted molar refractivity (Wildman–Crippen MR) is 76.1 cm³/mol. The lowest BCUT2D eigenvalue weighted by atomic mass is 9.78. The molecule has 1 aliphatic carbocycles. The van der Waals surface area contributed by atoms with Crippen molar-refractivity contribution < 1.29 is 0 Å². The van der Waals surface area contributed by atoms with E-state index in [0.29, 0.717) is 5.88 Å². The third-order valence-electron chi connectivity index (χ3n) is 4.57. The minimum absolute atomic E-state index is 0.567. The van der Waals surface area contributed by atoms with Crippen molar-refractivity contribution in [2.45, 2.75) is 50.4 Å². The van der Waals surface area contributed by atoms with E-state index in [2.05, 4.69) is 16.0 Å². The summed E-state index contributed by atoms with van der Waals surface area (Å²) in [5, 5.41) is 0. The standard InChI is InChI=1S/C15H21ClN2/c16-10-13-11-17-8-7-15(13)18-9-3-5-12-4-1-2-6-14(12)18/h7-8,11-12,14H,1-6,9-10H2/t12-,14-/m1/s1. The number of rotatable bonds is 2. The number of pyridine rings is 1. The smallest absolute Gasteiger partial charge is 0.0509 e. The first-order chi connectivity index (χ1) is 8.90. The van der Waals surface area contributed by atoms with Gasteiger partial charge in [0.05, 0.1) is 5.88 Å². The van der Waals surface area contributed by atoms with Crippen LogP contribution in [0, 0.1) is 5.92 Å². The van der Waals surface area contributed by atoms with E-state index >= 15 is 0 Å². The molecule has 2 nitrogen and oxygen atoms in total. The number of alkyl halides is 1. The quantitative estimate of drug-likeness (QED) is 0.751. The Balaban J connectivity index is 1.89. The first-order valence-electron chi connectivity index (χ1n) is 7.15. The van der Waals surface area contributed by atoms with E-state index in [1.54, 1.807) is 0 Å². The van der Waals surface area contributed by atoms with Gasteiger partial charge in [0.15, 0.2) is 0 Å². The van der Waals surface area contributed by atoms with Crippen LogP contribution in [0.15, 0.2) is 18.5 Å². The third kappa shape index (κ3) is 2.23. The molecule has 3 heteroatoms. The number of fused-ring (bicyclic) bond motifs is 1. The molecule has 2 heterocycles. The number of anilines is 1. The van der Waals surface area contributed by atoms with E-state index < -0.39 is 0 Å². The lowest BCUT2D eigenvalue weighted by molar-refractivity contribution is 0.243. The van der Waals surface area contributed by atoms with Crippen LogP contribution < -0.4 is 4.90 Å². The summed E-state index contributed by atoms with van der Waals surface area (Å²) in [7, 11) is 0. The van der Waals surface area contributed by atoms with Crippen LogP contribution in [0.4, 0.5) is 5.69 Å². The molecule has 0 spiro atoms. The van der Waals surface area contributed by atoms with Crippen LogP contribution >= 0.6 is 11.6 Å². The van der Waals surface area contributed by atoms with Crippen molar-refractivity contribution in [2.75, 3.05) is 11.4 Å². The molecule has 2 fully saturated rings. The molecule has 2 aliphatic rings. The van der Waals surface area contributed by atoms with Gasteiger partial charge in [-0.3, -0.25) is 4.98 Å². The van der Waals surface area contributed by atoms with E-state index in [1.807, 2.05) is 12.4 Å². The SMILES string of the molecule is ClCc1cnccc1N1CCC[C@H]2CCCC[C@H]21. The fourth-order valence-corrected chi connectivity index (χ4v) is 3.93. The first kappa shape index (κ1) is 12.3. The first-order valence-corrected chi connectivity index (χ1v) is 7.69. The molecule has 2 atom stereocenters. The molecule has 0 radical (unpaired) electrons. The Morgan fingerprint density at radius 3 is 2.94 bits per heavy atom. The molecule has 0 unspecified atom stereocenters. The van der Waals surface area contributed by atoms with E-state index in [9.17, 15) is 0 Å². The summed E-state index contributed by atoms with van der Waals surface area (Å²) in [5.74, 6) is 1.47. The van der Waals surface area contributed by atoms with Crippen molar-refractivity contribution >= 4 is 17.3 Å². The summed E-state index contributed by atoms with van der Waals surface area (Å²) in [6.45, 7) is 1.19. The summed E-state index contributed by atoms with van der Waals surface area (Å²) in [6.07, 6.45) is 12.2. The van der Waals surface area contributed by atoms with E-state index in [4.69, 9.17) is 11.6 Å². The fourth-order valence-electron chi connectivity index (χ4n) is 3.73. The Morgan fingerprint density at radius 1 is 1.22 bits per heavy atom. The topological polar surface area (TPSA) is 16.1 Å². The van der Waals surface area contributed by atoms with Gasteiger partial charge in [-0.25, -0.2) is 0 Å². The summed E-state index contributed by atoms with van der Waals surface area (Å²) in [5.41, 5.74) is 2.52. The molecule has 0 aromatic carbocycles. The van der Waals surface area contributed by atoms with E-state index in [0.717, 1.165) is 12.0 Å². The van der Waals surface area contributed by atoms with Gasteiger partial charge in [0.1, 0.15) is 0 Å². The normalized spacial score (nSPS) is 27.9. The molecule has 98 valence electrons. The molecule has 0 N–H and O–H groups in total. The highest BCUT2D eigenvalue weighted by Gasteiger charge is 2.33. The number of hydrogen-bond acceptors (Lipinski definition) is 2. The molecule has 1 aromatic rings. The van der Waals surface area contributed by atoms with Gasteiger partial charge in [-0.15, -0.1) is 11.6 Å². The highest BCUT2D eigenvalue weighted by molar-refractivity contribution is 6.17. The lowest BCUT2D eigenvalue weighted by Crippen LogP contribution is -2.47. The zero-order valence-corrected chi connectivity index (χ0v) is 11.6. The Morgan fingerprint density at radius 2 is 2.06 bits per heavy atom. The Labute approximate surface area is 114 Å². The van der Waals surface area contributed by atoms with Gasteiger partial charge in [-0.05, 0) is 37.7 Å². The molecule has 0 amide bonds. The number of nitrogens with zero attached hydrogens (tertiary/aromatic N) is 2. The Bertz CT molecular complexity index is 405. The summed E-state index contributed by atoms with van der Waals surface area (Å²) >= 11 is 6.06. The van der Waals surface area contributed by atoms with Crippen molar-refractivity contribution in [2.24, 2.45) is 5.92 Å². The maximum Gasteiger partial charge on any atom is 0.0509 e. The van der Waals surface area contributed by atoms with Crippen LogP contribution in [-0.4, -0.2) is 17.6 Å². The molecule has 1 saturated carbocycles. The maximum absolute atomic E-state index is 6.06. The highest BCUT2D eigenvalue weighted by Crippen LogP contribution is 2.38. The second kappa shape index (κ2) is 5.48. The van der Waals surface area contributed by atoms with Crippen LogP contribution in [-0.2, 0) is 5.88 Å². The number of hydrogen-bond donors (Lipinski definition) is 0. The summed E-state index contributed by atoms with van der Waals surface area (Å²) in [4.78, 5) is 6.82. The van der Waals surface area contributed by atoms with Crippen molar-refractivity contribution in [3.8, 4) is 0 Å². The molecule has 1 aromatic heterocycles. The number of aromatic nitrogens is 1. The van der Waals surface area contributed by atoms with Crippen molar-refractivity contribution in [1.82, 2.24) is 4.98 Å². The molecular formula is C15H21ClN2. The molecular weight excluding hydrogens is 244 g/mol. The van der Waals surface area contributed by atoms with Gasteiger partial charge in [0, 0.05) is 36.2 Å². The minimum Gasteiger partial charge on any atom is -0.368 e. The highest BCUT2D eigenvalue weighted by atomic mass is 35.5. The van der Waals surface area contributed by atoms with Crippen LogP contribution in [0.25, 0.3) is 0 Å². The largest absolute Gasteiger partial charge is 0.368 e. The lowest BCUT2D eigenvalue weighted by Gasteiger charge is -2.46. The second-order valence-corrected chi connectivity index (χ2v) is 5.85. The fraction of sp³-hybridized carbons (Fsp3) is 0.667. The Hall–Kier alpha value is -0.760. The van der Waals surface area contributed by atoms with Gasteiger partial charge in [-0.2, -0.15) is 0 Å². The van der Waals surface area contributed by atoms with Gasteiger partial charge in [0.2, 0.25) is 0 Å². The maximum atomic E-state index is 6.06. The summed E-state index contributed by atoms with van der Waals surface area (Å²) < 4.78 is 0. The molecule has 3 rings (SSSR count). The second-order valence-electron chi connectivity index (χ2n) is 5.59.